The minimum Gasteiger partial charge on any atom is -0.497 e. The quantitative estimate of drug-likeness (QED) is 0.822. The van der Waals surface area contributed by atoms with E-state index in [9.17, 15) is 9.59 Å². The summed E-state index contributed by atoms with van der Waals surface area (Å²) in [7, 11) is 2.96. The average Bonchev–Trinajstić information content (AvgIpc) is 2.44. The summed E-state index contributed by atoms with van der Waals surface area (Å²) in [6, 6.07) is 4.85. The number of carboxylic acids is 1. The van der Waals surface area contributed by atoms with Crippen LogP contribution in [-0.4, -0.2) is 49.2 Å². The molecule has 0 saturated heterocycles. The second kappa shape index (κ2) is 7.37. The maximum Gasteiger partial charge on any atom is 0.323 e. The molecule has 0 bridgehead atoms. The summed E-state index contributed by atoms with van der Waals surface area (Å²) in [4.78, 5) is 24.6. The first-order valence-electron chi connectivity index (χ1n) is 6.26. The minimum absolute atomic E-state index is 0.293. The lowest BCUT2D eigenvalue weighted by atomic mass is 10.1. The third kappa shape index (κ3) is 3.88. The minimum atomic E-state index is -1.05. The number of hydrogen-bond acceptors (Lipinski definition) is 4. The van der Waals surface area contributed by atoms with Gasteiger partial charge in [-0.15, -0.1) is 0 Å². The van der Waals surface area contributed by atoms with Gasteiger partial charge in [-0.3, -0.25) is 9.59 Å². The van der Waals surface area contributed by atoms with E-state index in [-0.39, 0.29) is 12.5 Å². The Labute approximate surface area is 117 Å². The molecule has 1 aromatic rings. The van der Waals surface area contributed by atoms with Crippen molar-refractivity contribution >= 4 is 11.9 Å². The molecule has 0 unspecified atom stereocenters. The number of rotatable bonds is 7. The third-order valence-corrected chi connectivity index (χ3v) is 2.74. The predicted molar refractivity (Wildman–Crippen MR) is 73.4 cm³/mol. The number of carbonyl (C=O) groups excluding carboxylic acids is 1. The highest BCUT2D eigenvalue weighted by atomic mass is 16.5. The molecule has 1 rings (SSSR count). The van der Waals surface area contributed by atoms with E-state index < -0.39 is 5.97 Å². The van der Waals surface area contributed by atoms with E-state index in [1.54, 1.807) is 18.2 Å². The van der Waals surface area contributed by atoms with Crippen molar-refractivity contribution in [3.8, 4) is 11.5 Å². The topological polar surface area (TPSA) is 76.1 Å². The van der Waals surface area contributed by atoms with Crippen molar-refractivity contribution in [1.82, 2.24) is 4.90 Å². The fourth-order valence-corrected chi connectivity index (χ4v) is 1.84. The molecule has 6 nitrogen and oxygen atoms in total. The lowest BCUT2D eigenvalue weighted by Gasteiger charge is -2.21. The van der Waals surface area contributed by atoms with Crippen LogP contribution in [0.15, 0.2) is 18.2 Å². The Hall–Kier alpha value is -2.24. The van der Waals surface area contributed by atoms with Crippen molar-refractivity contribution in [3.63, 3.8) is 0 Å². The van der Waals surface area contributed by atoms with Gasteiger partial charge in [-0.05, 0) is 24.6 Å². The summed E-state index contributed by atoms with van der Waals surface area (Å²) in [6.07, 6.45) is 0.672. The van der Waals surface area contributed by atoms with Crippen molar-refractivity contribution in [3.05, 3.63) is 23.8 Å². The Balaban J connectivity index is 3.11. The van der Waals surface area contributed by atoms with Gasteiger partial charge in [-0.2, -0.15) is 0 Å². The van der Waals surface area contributed by atoms with Crippen molar-refractivity contribution in [2.45, 2.75) is 13.3 Å². The molecule has 0 saturated carbocycles. The lowest BCUT2D eigenvalue weighted by molar-refractivity contribution is -0.137. The van der Waals surface area contributed by atoms with E-state index in [4.69, 9.17) is 14.6 Å². The van der Waals surface area contributed by atoms with Crippen LogP contribution < -0.4 is 9.47 Å². The van der Waals surface area contributed by atoms with Crippen molar-refractivity contribution in [2.24, 2.45) is 0 Å². The van der Waals surface area contributed by atoms with Gasteiger partial charge in [0.25, 0.3) is 5.91 Å². The molecule has 0 spiro atoms. The Morgan fingerprint density at radius 2 is 1.95 bits per heavy atom. The largest absolute Gasteiger partial charge is 0.497 e. The molecular weight excluding hydrogens is 262 g/mol. The highest BCUT2D eigenvalue weighted by molar-refractivity contribution is 5.98. The summed E-state index contributed by atoms with van der Waals surface area (Å²) in [6.45, 7) is 1.91. The first kappa shape index (κ1) is 15.8. The normalized spacial score (nSPS) is 9.95. The first-order chi connectivity index (χ1) is 9.53. The van der Waals surface area contributed by atoms with Crippen LogP contribution in [0.3, 0.4) is 0 Å². The number of methoxy groups -OCH3 is 2. The van der Waals surface area contributed by atoms with E-state index in [1.165, 1.54) is 19.1 Å². The Morgan fingerprint density at radius 3 is 2.45 bits per heavy atom. The summed E-state index contributed by atoms with van der Waals surface area (Å²) < 4.78 is 10.2. The molecule has 0 radical (unpaired) electrons. The number of carboxylic acid groups (broad SMARTS) is 1. The molecule has 1 aromatic carbocycles. The number of carbonyl (C=O) groups is 2. The molecule has 0 fully saturated rings. The van der Waals surface area contributed by atoms with E-state index in [2.05, 4.69) is 0 Å². The van der Waals surface area contributed by atoms with Crippen LogP contribution in [0, 0.1) is 0 Å². The molecule has 0 aromatic heterocycles. The van der Waals surface area contributed by atoms with Gasteiger partial charge < -0.3 is 19.5 Å². The van der Waals surface area contributed by atoms with Crippen LogP contribution in [0.5, 0.6) is 11.5 Å². The number of hydrogen-bond donors (Lipinski definition) is 1. The molecule has 1 amide bonds. The van der Waals surface area contributed by atoms with Crippen LogP contribution >= 0.6 is 0 Å². The summed E-state index contributed by atoms with van der Waals surface area (Å²) in [5.74, 6) is -0.526. The van der Waals surface area contributed by atoms with Crippen LogP contribution in [0.25, 0.3) is 0 Å². The average molecular weight is 281 g/mol. The van der Waals surface area contributed by atoms with Gasteiger partial charge in [0.1, 0.15) is 18.0 Å². The predicted octanol–water partition coefficient (Wildman–Crippen LogP) is 1.64. The maximum absolute atomic E-state index is 12.4. The summed E-state index contributed by atoms with van der Waals surface area (Å²) in [5, 5.41) is 8.88. The van der Waals surface area contributed by atoms with E-state index in [0.717, 1.165) is 0 Å². The Kier molecular flexibility index (Phi) is 5.83. The van der Waals surface area contributed by atoms with Gasteiger partial charge in [0, 0.05) is 6.54 Å². The zero-order valence-electron chi connectivity index (χ0n) is 11.9. The van der Waals surface area contributed by atoms with Gasteiger partial charge >= 0.3 is 5.97 Å². The highest BCUT2D eigenvalue weighted by Crippen LogP contribution is 2.25. The number of nitrogens with zero attached hydrogens (tertiary/aromatic N) is 1. The van der Waals surface area contributed by atoms with E-state index in [0.29, 0.717) is 30.0 Å². The molecule has 0 heterocycles. The molecular formula is C14H19NO5. The number of benzene rings is 1. The van der Waals surface area contributed by atoms with Gasteiger partial charge in [0.05, 0.1) is 19.8 Å². The monoisotopic (exact) mass is 281 g/mol. The molecule has 0 aliphatic carbocycles. The van der Waals surface area contributed by atoms with Crippen LogP contribution in [0.2, 0.25) is 0 Å². The third-order valence-electron chi connectivity index (χ3n) is 2.74. The molecule has 110 valence electrons. The molecule has 1 N–H and O–H groups in total. The molecule has 0 aliphatic rings. The van der Waals surface area contributed by atoms with Gasteiger partial charge in [0.15, 0.2) is 0 Å². The standard InChI is InChI=1S/C14H19NO5/c1-4-7-15(9-13(16)17)14(18)11-8-10(19-2)5-6-12(11)20-3/h5-6,8H,4,7,9H2,1-3H3,(H,16,17). The number of aliphatic carboxylic acids is 1. The Morgan fingerprint density at radius 1 is 1.25 bits per heavy atom. The van der Waals surface area contributed by atoms with Gasteiger partial charge in [0.2, 0.25) is 0 Å². The Bertz CT molecular complexity index is 486. The zero-order chi connectivity index (χ0) is 15.1. The van der Waals surface area contributed by atoms with Crippen LogP contribution in [0.1, 0.15) is 23.7 Å². The van der Waals surface area contributed by atoms with E-state index in [1.807, 2.05) is 6.92 Å². The summed E-state index contributed by atoms with van der Waals surface area (Å²) in [5.41, 5.74) is 0.293. The van der Waals surface area contributed by atoms with Gasteiger partial charge in [-0.1, -0.05) is 6.92 Å². The van der Waals surface area contributed by atoms with Crippen LogP contribution in [0.4, 0.5) is 0 Å². The molecule has 6 heteroatoms. The zero-order valence-corrected chi connectivity index (χ0v) is 11.9. The number of amides is 1. The van der Waals surface area contributed by atoms with Crippen molar-refractivity contribution in [2.75, 3.05) is 27.3 Å². The van der Waals surface area contributed by atoms with E-state index >= 15 is 0 Å². The maximum atomic E-state index is 12.4. The smallest absolute Gasteiger partial charge is 0.323 e. The summed E-state index contributed by atoms with van der Waals surface area (Å²) >= 11 is 0. The lowest BCUT2D eigenvalue weighted by Crippen LogP contribution is -2.36. The van der Waals surface area contributed by atoms with Crippen LogP contribution in [-0.2, 0) is 4.79 Å². The molecule has 0 aliphatic heterocycles. The number of ether oxygens (including phenoxy) is 2. The second-order valence-corrected chi connectivity index (χ2v) is 4.19. The molecule has 20 heavy (non-hydrogen) atoms. The van der Waals surface area contributed by atoms with Crippen molar-refractivity contribution in [1.29, 1.82) is 0 Å². The fraction of sp³-hybridized carbons (Fsp3) is 0.429. The fourth-order valence-electron chi connectivity index (χ4n) is 1.84. The second-order valence-electron chi connectivity index (χ2n) is 4.19. The van der Waals surface area contributed by atoms with Gasteiger partial charge in [-0.25, -0.2) is 0 Å². The van der Waals surface area contributed by atoms with Crippen molar-refractivity contribution < 1.29 is 24.2 Å². The molecule has 0 atom stereocenters. The SMILES string of the molecule is CCCN(CC(=O)O)C(=O)c1cc(OC)ccc1OC. The highest BCUT2D eigenvalue weighted by Gasteiger charge is 2.21. The first-order valence-corrected chi connectivity index (χ1v) is 6.26.